The van der Waals surface area contributed by atoms with Gasteiger partial charge in [-0.15, -0.1) is 0 Å². The van der Waals surface area contributed by atoms with Crippen LogP contribution < -0.4 is 9.88 Å². The number of primary sulfonamides is 1. The normalized spacial score (nSPS) is 20.9. The zero-order valence-corrected chi connectivity index (χ0v) is 20.8. The van der Waals surface area contributed by atoms with Crippen molar-refractivity contribution in [3.05, 3.63) is 60.2 Å². The van der Waals surface area contributed by atoms with E-state index in [1.165, 1.54) is 19.1 Å². The zero-order valence-electron chi connectivity index (χ0n) is 20.0. The van der Waals surface area contributed by atoms with Gasteiger partial charge >= 0.3 is 6.18 Å². The average molecular weight is 511 g/mol. The van der Waals surface area contributed by atoms with Crippen LogP contribution in [0.5, 0.6) is 5.75 Å². The number of hydrogen-bond donors (Lipinski definition) is 1. The van der Waals surface area contributed by atoms with E-state index in [-0.39, 0.29) is 13.0 Å². The van der Waals surface area contributed by atoms with Gasteiger partial charge in [0.15, 0.2) is 0 Å². The molecule has 0 radical (unpaired) electrons. The number of aryl methyl sites for hydroxylation is 2. The van der Waals surface area contributed by atoms with Crippen LogP contribution in [0.2, 0.25) is 0 Å². The first-order valence-corrected chi connectivity index (χ1v) is 12.6. The first-order chi connectivity index (χ1) is 16.2. The fraction of sp³-hybridized carbons (Fsp3) is 0.458. The van der Waals surface area contributed by atoms with E-state index in [1.54, 1.807) is 50.4 Å². The lowest BCUT2D eigenvalue weighted by molar-refractivity contribution is -0.179. The maximum atomic E-state index is 13.6. The molecule has 3 rings (SSSR count). The maximum absolute atomic E-state index is 13.6. The van der Waals surface area contributed by atoms with Gasteiger partial charge in [0, 0.05) is 11.6 Å². The predicted octanol–water partition coefficient (Wildman–Crippen LogP) is 4.67. The number of halogens is 3. The molecule has 2 aromatic heterocycles. The highest BCUT2D eigenvalue weighted by atomic mass is 32.2. The third-order valence-corrected chi connectivity index (χ3v) is 8.31. The van der Waals surface area contributed by atoms with Crippen LogP contribution in [0.3, 0.4) is 0 Å². The van der Waals surface area contributed by atoms with Crippen molar-refractivity contribution >= 4 is 10.0 Å². The molecule has 0 saturated carbocycles. The van der Waals surface area contributed by atoms with Crippen LogP contribution in [0.25, 0.3) is 11.4 Å². The monoisotopic (exact) mass is 510 g/mol. The van der Waals surface area contributed by atoms with Crippen molar-refractivity contribution in [3.63, 3.8) is 0 Å². The third kappa shape index (κ3) is 5.56. The summed E-state index contributed by atoms with van der Waals surface area (Å²) < 4.78 is 70.5. The molecule has 0 aliphatic heterocycles. The van der Waals surface area contributed by atoms with Gasteiger partial charge in [-0.05, 0) is 44.9 Å². The van der Waals surface area contributed by atoms with Crippen LogP contribution >= 0.6 is 0 Å². The Morgan fingerprint density at radius 3 is 2.37 bits per heavy atom. The molecule has 7 nitrogen and oxygen atoms in total. The van der Waals surface area contributed by atoms with Gasteiger partial charge in [-0.3, -0.25) is 0 Å². The van der Waals surface area contributed by atoms with Crippen molar-refractivity contribution in [2.45, 2.75) is 51.5 Å². The smallest absolute Gasteiger partial charge is 0.391 e. The van der Waals surface area contributed by atoms with Gasteiger partial charge in [-0.1, -0.05) is 38.2 Å². The van der Waals surface area contributed by atoms with Gasteiger partial charge in [0.2, 0.25) is 10.0 Å². The van der Waals surface area contributed by atoms with Gasteiger partial charge in [0.05, 0.1) is 29.6 Å². The minimum Gasteiger partial charge on any atom is -0.491 e. The van der Waals surface area contributed by atoms with Gasteiger partial charge < -0.3 is 4.74 Å². The molecular formula is C24H29F3N4O3S. The number of ether oxygens (including phenoxy) is 1. The summed E-state index contributed by atoms with van der Waals surface area (Å²) in [6.45, 7) is 5.64. The molecule has 3 atom stereocenters. The standard InChI is InChI=1S/C24H29F3N4O3S/c1-16(24(25,26)27)14-22(4,23(35(28,32)33)11-6-5-7-12-23)15-34-21-9-8-19(30-17(21)2)20-10-13-29-18(3)31-20/h5-11,13,16H,12,14-15H2,1-4H3,(H2,28,32,33). The second-order valence-electron chi connectivity index (χ2n) is 9.19. The number of nitrogens with zero attached hydrogens (tertiary/aromatic N) is 3. The summed E-state index contributed by atoms with van der Waals surface area (Å²) in [5.74, 6) is -0.873. The molecule has 1 aliphatic rings. The molecule has 0 amide bonds. The molecule has 0 spiro atoms. The highest BCUT2D eigenvalue weighted by molar-refractivity contribution is 7.90. The predicted molar refractivity (Wildman–Crippen MR) is 127 cm³/mol. The van der Waals surface area contributed by atoms with Crippen molar-refractivity contribution in [1.29, 1.82) is 0 Å². The van der Waals surface area contributed by atoms with Crippen LogP contribution in [0.1, 0.15) is 38.2 Å². The molecule has 35 heavy (non-hydrogen) atoms. The molecule has 190 valence electrons. The summed E-state index contributed by atoms with van der Waals surface area (Å²) >= 11 is 0. The van der Waals surface area contributed by atoms with Crippen LogP contribution in [-0.2, 0) is 10.0 Å². The number of sulfonamides is 1. The topological polar surface area (TPSA) is 108 Å². The summed E-state index contributed by atoms with van der Waals surface area (Å²) in [5.41, 5.74) is 0.165. The van der Waals surface area contributed by atoms with Crippen molar-refractivity contribution < 1.29 is 26.3 Å². The number of allylic oxidation sites excluding steroid dienone is 3. The second-order valence-corrected chi connectivity index (χ2v) is 11.0. The number of hydrogen-bond acceptors (Lipinski definition) is 6. The lowest BCUT2D eigenvalue weighted by atomic mass is 9.68. The first kappa shape index (κ1) is 26.8. The Morgan fingerprint density at radius 1 is 1.14 bits per heavy atom. The number of nitrogens with two attached hydrogens (primary N) is 1. The van der Waals surface area contributed by atoms with Crippen molar-refractivity contribution in [2.24, 2.45) is 16.5 Å². The van der Waals surface area contributed by atoms with E-state index in [2.05, 4.69) is 15.0 Å². The molecule has 0 fully saturated rings. The highest BCUT2D eigenvalue weighted by Crippen LogP contribution is 2.49. The fourth-order valence-electron chi connectivity index (χ4n) is 4.43. The minimum absolute atomic E-state index is 0.0595. The van der Waals surface area contributed by atoms with Gasteiger partial charge in [-0.25, -0.2) is 28.5 Å². The summed E-state index contributed by atoms with van der Waals surface area (Å²) in [6, 6.07) is 5.03. The average Bonchev–Trinajstić information content (AvgIpc) is 2.77. The van der Waals surface area contributed by atoms with E-state index in [4.69, 9.17) is 9.88 Å². The second kappa shape index (κ2) is 9.69. The lowest BCUT2D eigenvalue weighted by Gasteiger charge is -2.46. The summed E-state index contributed by atoms with van der Waals surface area (Å²) in [7, 11) is -4.31. The molecule has 0 bridgehead atoms. The lowest BCUT2D eigenvalue weighted by Crippen LogP contribution is -2.57. The van der Waals surface area contributed by atoms with Crippen molar-refractivity contribution in [3.8, 4) is 17.1 Å². The number of alkyl halides is 3. The van der Waals surface area contributed by atoms with Gasteiger partial charge in [-0.2, -0.15) is 13.2 Å². The molecule has 11 heteroatoms. The third-order valence-electron chi connectivity index (χ3n) is 6.50. The van der Waals surface area contributed by atoms with Crippen LogP contribution in [0, 0.1) is 25.2 Å². The Kier molecular flexibility index (Phi) is 7.42. The Balaban J connectivity index is 1.97. The molecule has 2 N–H and O–H groups in total. The van der Waals surface area contributed by atoms with Crippen LogP contribution in [0.15, 0.2) is 48.7 Å². The zero-order chi connectivity index (χ0) is 26.1. The summed E-state index contributed by atoms with van der Waals surface area (Å²) in [6.07, 6.45) is 2.64. The number of rotatable bonds is 8. The van der Waals surface area contributed by atoms with E-state index in [9.17, 15) is 21.6 Å². The van der Waals surface area contributed by atoms with Gasteiger partial charge in [0.25, 0.3) is 0 Å². The molecular weight excluding hydrogens is 481 g/mol. The SMILES string of the molecule is Cc1nccc(-c2ccc(OCC(C)(CC(C)C(F)(F)F)C3(S(N)(=O)=O)C=CC=CC3)c(C)n2)n1. The maximum Gasteiger partial charge on any atom is 0.391 e. The molecule has 2 aromatic rings. The molecule has 1 aliphatic carbocycles. The van der Waals surface area contributed by atoms with Crippen LogP contribution in [-0.4, -0.2) is 40.9 Å². The Bertz CT molecular complexity index is 1250. The first-order valence-electron chi connectivity index (χ1n) is 11.0. The van der Waals surface area contributed by atoms with E-state index >= 15 is 0 Å². The minimum atomic E-state index is -4.51. The van der Waals surface area contributed by atoms with E-state index in [1.807, 2.05) is 0 Å². The quantitative estimate of drug-likeness (QED) is 0.553. The van der Waals surface area contributed by atoms with E-state index in [0.29, 0.717) is 28.7 Å². The largest absolute Gasteiger partial charge is 0.491 e. The number of aromatic nitrogens is 3. The molecule has 0 saturated heterocycles. The van der Waals surface area contributed by atoms with Crippen molar-refractivity contribution in [1.82, 2.24) is 15.0 Å². The Hall–Kier alpha value is -2.79. The van der Waals surface area contributed by atoms with E-state index in [0.717, 1.165) is 6.92 Å². The molecule has 0 aromatic carbocycles. The Morgan fingerprint density at radius 2 is 1.83 bits per heavy atom. The highest BCUT2D eigenvalue weighted by Gasteiger charge is 2.57. The Labute approximate surface area is 203 Å². The van der Waals surface area contributed by atoms with Crippen LogP contribution in [0.4, 0.5) is 13.2 Å². The summed E-state index contributed by atoms with van der Waals surface area (Å²) in [4.78, 5) is 12.9. The van der Waals surface area contributed by atoms with Gasteiger partial charge in [0.1, 0.15) is 16.3 Å². The van der Waals surface area contributed by atoms with E-state index < -0.39 is 38.7 Å². The van der Waals surface area contributed by atoms with Crippen molar-refractivity contribution in [2.75, 3.05) is 6.61 Å². The fourth-order valence-corrected chi connectivity index (χ4v) is 5.85. The molecule has 2 heterocycles. The molecule has 3 unspecified atom stereocenters. The number of pyridine rings is 1. The summed E-state index contributed by atoms with van der Waals surface area (Å²) in [5, 5.41) is 5.64.